The summed E-state index contributed by atoms with van der Waals surface area (Å²) in [6.45, 7) is 7.11. The molecular formula is C25H31F3N6O2S. The lowest BCUT2D eigenvalue weighted by Gasteiger charge is -2.23. The molecular weight excluding hydrogens is 505 g/mol. The van der Waals surface area contributed by atoms with E-state index in [2.05, 4.69) is 20.2 Å². The van der Waals surface area contributed by atoms with E-state index in [1.807, 2.05) is 12.3 Å². The Balaban J connectivity index is 1.74. The highest BCUT2D eigenvalue weighted by molar-refractivity contribution is 7.13. The molecule has 1 aromatic carbocycles. The van der Waals surface area contributed by atoms with E-state index in [0.29, 0.717) is 31.1 Å². The summed E-state index contributed by atoms with van der Waals surface area (Å²) in [5.41, 5.74) is -0.381. The maximum Gasteiger partial charge on any atom is 0.417 e. The molecule has 0 spiro atoms. The Bertz CT molecular complexity index is 1290. The smallest absolute Gasteiger partial charge is 0.378 e. The average Bonchev–Trinajstić information content (AvgIpc) is 3.51. The number of rotatable bonds is 8. The number of nitrogens with zero attached hydrogens (tertiary/aromatic N) is 5. The van der Waals surface area contributed by atoms with Crippen LogP contribution in [0.5, 0.6) is 0 Å². The zero-order valence-electron chi connectivity index (χ0n) is 21.5. The van der Waals surface area contributed by atoms with Crippen LogP contribution < -0.4 is 20.7 Å². The van der Waals surface area contributed by atoms with Gasteiger partial charge in [0.15, 0.2) is 5.13 Å². The average molecular weight is 537 g/mol. The van der Waals surface area contributed by atoms with Crippen LogP contribution in [0, 0.1) is 6.92 Å². The Labute approximate surface area is 217 Å². The van der Waals surface area contributed by atoms with Crippen molar-refractivity contribution in [3.05, 3.63) is 51.4 Å². The van der Waals surface area contributed by atoms with Crippen molar-refractivity contribution in [3.8, 4) is 11.4 Å². The minimum Gasteiger partial charge on any atom is -0.378 e. The molecule has 2 aromatic heterocycles. The highest BCUT2D eigenvalue weighted by Gasteiger charge is 2.37. The third-order valence-electron chi connectivity index (χ3n) is 6.40. The van der Waals surface area contributed by atoms with E-state index < -0.39 is 17.3 Å². The van der Waals surface area contributed by atoms with Crippen LogP contribution in [0.15, 0.2) is 34.6 Å². The van der Waals surface area contributed by atoms with Crippen molar-refractivity contribution < 1.29 is 17.9 Å². The van der Waals surface area contributed by atoms with Gasteiger partial charge in [-0.2, -0.15) is 13.2 Å². The Morgan fingerprint density at radius 3 is 2.59 bits per heavy atom. The van der Waals surface area contributed by atoms with Gasteiger partial charge in [0.1, 0.15) is 11.5 Å². The Hall–Kier alpha value is -3.12. The molecule has 37 heavy (non-hydrogen) atoms. The molecule has 0 bridgehead atoms. The number of aryl methyl sites for hydroxylation is 1. The van der Waals surface area contributed by atoms with E-state index in [1.54, 1.807) is 45.1 Å². The summed E-state index contributed by atoms with van der Waals surface area (Å²) in [6, 6.07) is 3.84. The van der Waals surface area contributed by atoms with Crippen LogP contribution in [-0.2, 0) is 17.5 Å². The van der Waals surface area contributed by atoms with Gasteiger partial charge in [0, 0.05) is 63.2 Å². The first kappa shape index (κ1) is 26.9. The van der Waals surface area contributed by atoms with E-state index in [4.69, 9.17) is 4.74 Å². The Kier molecular flexibility index (Phi) is 7.79. The third kappa shape index (κ3) is 5.45. The van der Waals surface area contributed by atoms with Crippen LogP contribution >= 0.6 is 11.3 Å². The van der Waals surface area contributed by atoms with Crippen LogP contribution in [0.25, 0.3) is 11.4 Å². The Morgan fingerprint density at radius 2 is 2.00 bits per heavy atom. The molecule has 0 amide bonds. The SMILES string of the molecule is CCO[C@@H]1CN(c2nccs2)C[C@H]1Nc1c(C)nc(-c2ccc(N(C)C)cc2C(F)(F)F)n(CC)c1=O. The van der Waals surface area contributed by atoms with Gasteiger partial charge in [-0.25, -0.2) is 9.97 Å². The second kappa shape index (κ2) is 10.7. The first-order valence-electron chi connectivity index (χ1n) is 12.1. The minimum atomic E-state index is -4.61. The molecule has 1 N–H and O–H groups in total. The van der Waals surface area contributed by atoms with E-state index >= 15 is 0 Å². The number of ether oxygens (including phenoxy) is 1. The van der Waals surface area contributed by atoms with Gasteiger partial charge < -0.3 is 19.9 Å². The maximum atomic E-state index is 14.1. The molecule has 3 heterocycles. The van der Waals surface area contributed by atoms with Gasteiger partial charge in [-0.1, -0.05) is 0 Å². The number of halogens is 3. The number of anilines is 3. The first-order valence-corrected chi connectivity index (χ1v) is 13.0. The number of nitrogens with one attached hydrogen (secondary N) is 1. The summed E-state index contributed by atoms with van der Waals surface area (Å²) in [5, 5.41) is 6.08. The molecule has 8 nitrogen and oxygen atoms in total. The predicted octanol–water partition coefficient (Wildman–Crippen LogP) is 4.49. The van der Waals surface area contributed by atoms with Gasteiger partial charge in [0.05, 0.1) is 23.4 Å². The molecule has 0 radical (unpaired) electrons. The van der Waals surface area contributed by atoms with Crippen molar-refractivity contribution in [3.63, 3.8) is 0 Å². The zero-order valence-corrected chi connectivity index (χ0v) is 22.3. The molecule has 1 aliphatic rings. The van der Waals surface area contributed by atoms with Gasteiger partial charge in [-0.15, -0.1) is 11.3 Å². The van der Waals surface area contributed by atoms with Crippen molar-refractivity contribution in [2.75, 3.05) is 48.9 Å². The number of thiazole rings is 1. The van der Waals surface area contributed by atoms with Crippen LogP contribution in [-0.4, -0.2) is 60.5 Å². The molecule has 4 rings (SSSR count). The van der Waals surface area contributed by atoms with Gasteiger partial charge in [0.2, 0.25) is 0 Å². The third-order valence-corrected chi connectivity index (χ3v) is 7.23. The molecule has 2 atom stereocenters. The van der Waals surface area contributed by atoms with E-state index in [9.17, 15) is 18.0 Å². The summed E-state index contributed by atoms with van der Waals surface area (Å²) in [6.07, 6.45) is -3.07. The quantitative estimate of drug-likeness (QED) is 0.455. The summed E-state index contributed by atoms with van der Waals surface area (Å²) in [5.74, 6) is -0.00891. The number of aromatic nitrogens is 3. The van der Waals surface area contributed by atoms with Gasteiger partial charge in [-0.3, -0.25) is 9.36 Å². The normalized spacial score (nSPS) is 17.9. The second-order valence-electron chi connectivity index (χ2n) is 9.03. The van der Waals surface area contributed by atoms with Crippen LogP contribution in [0.3, 0.4) is 0 Å². The monoisotopic (exact) mass is 536 g/mol. The van der Waals surface area contributed by atoms with E-state index in [-0.39, 0.29) is 35.8 Å². The summed E-state index contributed by atoms with van der Waals surface area (Å²) < 4.78 is 49.4. The fraction of sp³-hybridized carbons (Fsp3) is 0.480. The Morgan fingerprint density at radius 1 is 1.24 bits per heavy atom. The number of benzene rings is 1. The van der Waals surface area contributed by atoms with E-state index in [1.165, 1.54) is 22.0 Å². The number of alkyl halides is 3. The molecule has 3 aromatic rings. The van der Waals surface area contributed by atoms with Crippen molar-refractivity contribution >= 4 is 27.8 Å². The summed E-state index contributed by atoms with van der Waals surface area (Å²) >= 11 is 1.52. The molecule has 1 saturated heterocycles. The largest absolute Gasteiger partial charge is 0.417 e. The molecule has 200 valence electrons. The molecule has 1 fully saturated rings. The maximum absolute atomic E-state index is 14.1. The van der Waals surface area contributed by atoms with Crippen LogP contribution in [0.2, 0.25) is 0 Å². The highest BCUT2D eigenvalue weighted by Crippen LogP contribution is 2.38. The standard InChI is InChI=1S/C25H31F3N6O2S/c1-6-34-22(17-9-8-16(32(4)5)12-18(17)25(26,27)28)30-15(3)21(23(34)35)31-19-13-33(14-20(19)36-7-2)24-29-10-11-37-24/h8-12,19-20,31H,6-7,13-14H2,1-5H3/t19-,20-/m1/s1. The van der Waals surface area contributed by atoms with Gasteiger partial charge >= 0.3 is 6.18 Å². The molecule has 0 saturated carbocycles. The van der Waals surface area contributed by atoms with Crippen molar-refractivity contribution in [2.45, 2.75) is 45.6 Å². The van der Waals surface area contributed by atoms with Crippen molar-refractivity contribution in [1.82, 2.24) is 14.5 Å². The topological polar surface area (TPSA) is 75.5 Å². The number of hydrogen-bond donors (Lipinski definition) is 1. The van der Waals surface area contributed by atoms with Crippen LogP contribution in [0.1, 0.15) is 25.1 Å². The minimum absolute atomic E-state index is 0.00891. The van der Waals surface area contributed by atoms with Gasteiger partial charge in [-0.05, 0) is 39.0 Å². The fourth-order valence-corrected chi connectivity index (χ4v) is 5.24. The number of hydrogen-bond acceptors (Lipinski definition) is 8. The lowest BCUT2D eigenvalue weighted by molar-refractivity contribution is -0.137. The lowest BCUT2D eigenvalue weighted by atomic mass is 10.0. The molecule has 12 heteroatoms. The zero-order chi connectivity index (χ0) is 26.9. The first-order chi connectivity index (χ1) is 17.5. The van der Waals surface area contributed by atoms with Crippen molar-refractivity contribution in [2.24, 2.45) is 0 Å². The summed E-state index contributed by atoms with van der Waals surface area (Å²) in [4.78, 5) is 26.2. The molecule has 0 unspecified atom stereocenters. The molecule has 1 aliphatic heterocycles. The van der Waals surface area contributed by atoms with Gasteiger partial charge in [0.25, 0.3) is 5.56 Å². The predicted molar refractivity (Wildman–Crippen MR) is 141 cm³/mol. The van der Waals surface area contributed by atoms with Crippen LogP contribution in [0.4, 0.5) is 29.7 Å². The second-order valence-corrected chi connectivity index (χ2v) is 9.90. The fourth-order valence-electron chi connectivity index (χ4n) is 4.58. The molecule has 0 aliphatic carbocycles. The lowest BCUT2D eigenvalue weighted by Crippen LogP contribution is -2.38. The van der Waals surface area contributed by atoms with Crippen molar-refractivity contribution in [1.29, 1.82) is 0 Å². The summed E-state index contributed by atoms with van der Waals surface area (Å²) in [7, 11) is 3.35. The highest BCUT2D eigenvalue weighted by atomic mass is 32.1. The van der Waals surface area contributed by atoms with E-state index in [0.717, 1.165) is 11.2 Å².